The number of anilines is 2. The van der Waals surface area contributed by atoms with Crippen LogP contribution in [0.25, 0.3) is 11.3 Å². The molecule has 2 aromatic carbocycles. The summed E-state index contributed by atoms with van der Waals surface area (Å²) in [4.78, 5) is 31.5. The largest absolute Gasteiger partial charge is 0.507 e. The molecule has 3 fully saturated rings. The molecule has 13 heteroatoms. The number of carbonyl (C=O) groups excluding carboxylic acids is 2. The van der Waals surface area contributed by atoms with Gasteiger partial charge in [0.05, 0.1) is 30.2 Å². The van der Waals surface area contributed by atoms with Gasteiger partial charge >= 0.3 is 0 Å². The Labute approximate surface area is 285 Å². The molecule has 1 atom stereocenters. The van der Waals surface area contributed by atoms with Gasteiger partial charge in [0.15, 0.2) is 5.75 Å². The smallest absolute Gasteiger partial charge is 0.249 e. The van der Waals surface area contributed by atoms with E-state index in [1.54, 1.807) is 30.5 Å². The van der Waals surface area contributed by atoms with E-state index < -0.39 is 0 Å². The quantitative estimate of drug-likeness (QED) is 0.185. The van der Waals surface area contributed by atoms with E-state index in [2.05, 4.69) is 31.2 Å². The molecule has 0 radical (unpaired) electrons. The maximum Gasteiger partial charge on any atom is 0.249 e. The molecule has 49 heavy (non-hydrogen) atoms. The van der Waals surface area contributed by atoms with Crippen LogP contribution in [0.4, 0.5) is 11.4 Å². The Morgan fingerprint density at radius 1 is 0.898 bits per heavy atom. The van der Waals surface area contributed by atoms with Gasteiger partial charge in [0.2, 0.25) is 11.8 Å². The van der Waals surface area contributed by atoms with Crippen molar-refractivity contribution in [2.24, 2.45) is 17.2 Å². The standard InChI is InChI=1S/C36H45N9O4/c37-28(26-4-1-2-7-32(26)46)20-27(35(38)39)23-21-40-45(22-23)25-10-8-24(9-11-25)42-14-16-43(17-15-42)29-5-3-6-30-34(29)49-19-18-44(30)31-12-13-33(47)41-36(31)48/h1-7,20-22,24-25,31,46H,8-19,37-39H2,(H,41,47,48)/b28-20-/t24-,25+,31?. The normalized spacial score (nSPS) is 23.4. The lowest BCUT2D eigenvalue weighted by Gasteiger charge is -2.44. The predicted octanol–water partition coefficient (Wildman–Crippen LogP) is 2.48. The Balaban J connectivity index is 0.954. The van der Waals surface area contributed by atoms with E-state index in [9.17, 15) is 14.7 Å². The molecule has 4 aliphatic rings. The maximum atomic E-state index is 12.7. The van der Waals surface area contributed by atoms with Crippen LogP contribution in [0.15, 0.2) is 66.8 Å². The number of amides is 2. The Morgan fingerprint density at radius 2 is 1.63 bits per heavy atom. The number of fused-ring (bicyclic) bond motifs is 1. The average Bonchev–Trinajstić information content (AvgIpc) is 3.60. The number of nitrogens with one attached hydrogen (secondary N) is 1. The SMILES string of the molecule is NC(N)=C(/C=C(\N)c1ccccc1O)c1cnn([C@H]2CC[C@@H](N3CCN(c4cccc5c4OCCN5C4CCC(=O)NC4=O)CC3)CC2)c1. The number of benzene rings is 2. The van der Waals surface area contributed by atoms with E-state index in [1.165, 1.54) is 0 Å². The third kappa shape index (κ3) is 6.62. The molecule has 13 nitrogen and oxygen atoms in total. The number of phenolic OH excluding ortho intramolecular Hbond substituents is 1. The first-order valence-electron chi connectivity index (χ1n) is 17.2. The minimum atomic E-state index is -0.362. The summed E-state index contributed by atoms with van der Waals surface area (Å²) in [6.45, 7) is 4.85. The number of imide groups is 1. The van der Waals surface area contributed by atoms with Crippen molar-refractivity contribution >= 4 is 34.5 Å². The number of aromatic hydroxyl groups is 1. The van der Waals surface area contributed by atoms with Crippen LogP contribution in [0.3, 0.4) is 0 Å². The first-order chi connectivity index (χ1) is 23.8. The fourth-order valence-electron chi connectivity index (χ4n) is 7.78. The number of nitrogens with two attached hydrogens (primary N) is 3. The van der Waals surface area contributed by atoms with E-state index in [-0.39, 0.29) is 35.5 Å². The summed E-state index contributed by atoms with van der Waals surface area (Å²) < 4.78 is 8.24. The van der Waals surface area contributed by atoms with Gasteiger partial charge in [-0.15, -0.1) is 0 Å². The number of piperidine rings is 1. The Kier molecular flexibility index (Phi) is 9.09. The monoisotopic (exact) mass is 667 g/mol. The number of phenols is 1. The highest BCUT2D eigenvalue weighted by Gasteiger charge is 2.36. The fraction of sp³-hybridized carbons (Fsp3) is 0.417. The van der Waals surface area contributed by atoms with E-state index >= 15 is 0 Å². The summed E-state index contributed by atoms with van der Waals surface area (Å²) in [5.41, 5.74) is 22.7. The summed E-state index contributed by atoms with van der Waals surface area (Å²) in [5, 5.41) is 17.4. The zero-order valence-electron chi connectivity index (χ0n) is 27.6. The third-order valence-electron chi connectivity index (χ3n) is 10.4. The number of carbonyl (C=O) groups is 2. The van der Waals surface area contributed by atoms with Crippen molar-refractivity contribution in [3.63, 3.8) is 0 Å². The second-order valence-electron chi connectivity index (χ2n) is 13.3. The molecule has 0 bridgehead atoms. The van der Waals surface area contributed by atoms with Gasteiger partial charge < -0.3 is 36.8 Å². The highest BCUT2D eigenvalue weighted by atomic mass is 16.5. The van der Waals surface area contributed by atoms with Gasteiger partial charge in [-0.2, -0.15) is 5.10 Å². The summed E-state index contributed by atoms with van der Waals surface area (Å²) in [6.07, 6.45) is 10.5. The van der Waals surface area contributed by atoms with Crippen LogP contribution >= 0.6 is 0 Å². The lowest BCUT2D eigenvalue weighted by atomic mass is 9.90. The molecule has 2 saturated heterocycles. The minimum Gasteiger partial charge on any atom is -0.507 e. The molecule has 7 rings (SSSR count). The second kappa shape index (κ2) is 13.7. The van der Waals surface area contributed by atoms with Crippen LogP contribution in [0.1, 0.15) is 55.7 Å². The number of nitrogens with zero attached hydrogens (tertiary/aromatic N) is 5. The van der Waals surface area contributed by atoms with Crippen LogP contribution < -0.4 is 37.1 Å². The van der Waals surface area contributed by atoms with Gasteiger partial charge in [-0.05, 0) is 62.4 Å². The van der Waals surface area contributed by atoms with Crippen LogP contribution in [-0.4, -0.2) is 83.0 Å². The molecule has 2 amide bonds. The van der Waals surface area contributed by atoms with Crippen molar-refractivity contribution < 1.29 is 19.4 Å². The number of aromatic nitrogens is 2. The molecule has 8 N–H and O–H groups in total. The van der Waals surface area contributed by atoms with Gasteiger partial charge in [0.25, 0.3) is 0 Å². The Morgan fingerprint density at radius 3 is 2.37 bits per heavy atom. The molecule has 258 valence electrons. The van der Waals surface area contributed by atoms with Crippen molar-refractivity contribution in [2.45, 2.75) is 56.7 Å². The Hall–Kier alpha value is -5.17. The molecule has 1 saturated carbocycles. The number of piperazine rings is 1. The molecule has 4 heterocycles. The highest BCUT2D eigenvalue weighted by molar-refractivity contribution is 6.02. The van der Waals surface area contributed by atoms with Crippen LogP contribution in [-0.2, 0) is 9.59 Å². The molecular formula is C36H45N9O4. The van der Waals surface area contributed by atoms with Gasteiger partial charge in [-0.3, -0.25) is 24.5 Å². The number of rotatable bonds is 7. The summed E-state index contributed by atoms with van der Waals surface area (Å²) >= 11 is 0. The predicted molar refractivity (Wildman–Crippen MR) is 188 cm³/mol. The van der Waals surface area contributed by atoms with Gasteiger partial charge in [-0.25, -0.2) is 0 Å². The lowest BCUT2D eigenvalue weighted by molar-refractivity contribution is -0.134. The zero-order valence-corrected chi connectivity index (χ0v) is 27.6. The van der Waals surface area contributed by atoms with E-state index in [0.29, 0.717) is 48.9 Å². The van der Waals surface area contributed by atoms with Gasteiger partial charge in [-0.1, -0.05) is 18.2 Å². The number of para-hydroxylation sites is 2. The second-order valence-corrected chi connectivity index (χ2v) is 13.3. The summed E-state index contributed by atoms with van der Waals surface area (Å²) in [5.74, 6) is 0.625. The first-order valence-corrected chi connectivity index (χ1v) is 17.2. The van der Waals surface area contributed by atoms with E-state index in [1.807, 2.05) is 29.1 Å². The molecule has 1 aromatic heterocycles. The molecular weight excluding hydrogens is 622 g/mol. The number of allylic oxidation sites excluding steroid dienone is 2. The van der Waals surface area contributed by atoms with Crippen LogP contribution in [0, 0.1) is 0 Å². The average molecular weight is 668 g/mol. The van der Waals surface area contributed by atoms with Crippen LogP contribution in [0.5, 0.6) is 11.5 Å². The summed E-state index contributed by atoms with van der Waals surface area (Å²) in [7, 11) is 0. The highest BCUT2D eigenvalue weighted by Crippen LogP contribution is 2.42. The fourth-order valence-corrected chi connectivity index (χ4v) is 7.78. The zero-order chi connectivity index (χ0) is 34.1. The van der Waals surface area contributed by atoms with Crippen molar-refractivity contribution in [1.29, 1.82) is 0 Å². The lowest BCUT2D eigenvalue weighted by Crippen LogP contribution is -2.54. The van der Waals surface area contributed by atoms with E-state index in [0.717, 1.165) is 74.6 Å². The first kappa shape index (κ1) is 32.4. The van der Waals surface area contributed by atoms with Crippen molar-refractivity contribution in [2.75, 3.05) is 49.1 Å². The maximum absolute atomic E-state index is 12.7. The third-order valence-corrected chi connectivity index (χ3v) is 10.4. The number of hydrogen-bond acceptors (Lipinski definition) is 11. The molecule has 1 unspecified atom stereocenters. The molecule has 3 aliphatic heterocycles. The molecule has 0 spiro atoms. The number of ether oxygens (including phenoxy) is 1. The van der Waals surface area contributed by atoms with E-state index in [4.69, 9.17) is 21.9 Å². The minimum absolute atomic E-state index is 0.0893. The van der Waals surface area contributed by atoms with Crippen molar-refractivity contribution in [1.82, 2.24) is 20.0 Å². The van der Waals surface area contributed by atoms with Gasteiger partial charge in [0, 0.05) is 67.2 Å². The Bertz CT molecular complexity index is 1770. The number of hydrogen-bond donors (Lipinski definition) is 5. The molecule has 1 aliphatic carbocycles. The van der Waals surface area contributed by atoms with Crippen molar-refractivity contribution in [3.8, 4) is 11.5 Å². The van der Waals surface area contributed by atoms with Crippen LogP contribution in [0.2, 0.25) is 0 Å². The van der Waals surface area contributed by atoms with Gasteiger partial charge in [0.1, 0.15) is 24.2 Å². The topological polar surface area (TPSA) is 181 Å². The summed E-state index contributed by atoms with van der Waals surface area (Å²) in [6, 6.07) is 13.5. The molecule has 3 aromatic rings. The van der Waals surface area contributed by atoms with Crippen molar-refractivity contribution in [3.05, 3.63) is 77.9 Å².